The fourth-order valence-corrected chi connectivity index (χ4v) is 2.70. The molecule has 1 heterocycles. The third-order valence-electron chi connectivity index (χ3n) is 3.80. The molecule has 0 spiro atoms. The Morgan fingerprint density at radius 2 is 1.95 bits per heavy atom. The van der Waals surface area contributed by atoms with Crippen molar-refractivity contribution in [1.29, 1.82) is 0 Å². The van der Waals surface area contributed by atoms with Crippen molar-refractivity contribution in [1.82, 2.24) is 0 Å². The summed E-state index contributed by atoms with van der Waals surface area (Å²) in [4.78, 5) is 12.7. The van der Waals surface area contributed by atoms with Crippen LogP contribution in [-0.4, -0.2) is 11.9 Å². The largest absolute Gasteiger partial charge is 0.490 e. The lowest BCUT2D eigenvalue weighted by molar-refractivity contribution is 0.103. The number of ether oxygens (including phenoxy) is 1. The summed E-state index contributed by atoms with van der Waals surface area (Å²) >= 11 is 0. The topological polar surface area (TPSA) is 26.3 Å². The first-order chi connectivity index (χ1) is 9.54. The molecular weight excluding hydrogens is 248 g/mol. The second-order valence-electron chi connectivity index (χ2n) is 5.60. The third kappa shape index (κ3) is 2.22. The fraction of sp³-hybridized carbons (Fsp3) is 0.278. The lowest BCUT2D eigenvalue weighted by Gasteiger charge is -2.07. The molecule has 1 unspecified atom stereocenters. The summed E-state index contributed by atoms with van der Waals surface area (Å²) in [5.41, 5.74) is 4.79. The van der Waals surface area contributed by atoms with Gasteiger partial charge in [0.15, 0.2) is 5.78 Å². The first-order valence-corrected chi connectivity index (χ1v) is 6.96. The van der Waals surface area contributed by atoms with E-state index in [2.05, 4.69) is 0 Å². The van der Waals surface area contributed by atoms with Crippen LogP contribution in [0.15, 0.2) is 36.4 Å². The molecule has 0 N–H and O–H groups in total. The molecule has 0 aromatic heterocycles. The minimum atomic E-state index is 0.0913. The molecule has 0 radical (unpaired) electrons. The van der Waals surface area contributed by atoms with Crippen LogP contribution >= 0.6 is 0 Å². The highest BCUT2D eigenvalue weighted by molar-refractivity contribution is 6.10. The number of carbonyl (C=O) groups is 1. The van der Waals surface area contributed by atoms with Crippen LogP contribution in [0, 0.1) is 13.8 Å². The van der Waals surface area contributed by atoms with E-state index in [4.69, 9.17) is 4.74 Å². The van der Waals surface area contributed by atoms with Gasteiger partial charge in [0.1, 0.15) is 11.9 Å². The van der Waals surface area contributed by atoms with E-state index in [0.717, 1.165) is 40.0 Å². The van der Waals surface area contributed by atoms with Gasteiger partial charge < -0.3 is 4.74 Å². The molecule has 0 aliphatic carbocycles. The first kappa shape index (κ1) is 12.9. The number of aryl methyl sites for hydroxylation is 2. The first-order valence-electron chi connectivity index (χ1n) is 6.96. The molecule has 1 aliphatic rings. The zero-order valence-corrected chi connectivity index (χ0v) is 12.1. The third-order valence-corrected chi connectivity index (χ3v) is 3.80. The Hall–Kier alpha value is -2.09. The molecule has 0 fully saturated rings. The highest BCUT2D eigenvalue weighted by atomic mass is 16.5. The van der Waals surface area contributed by atoms with E-state index in [1.54, 1.807) is 0 Å². The van der Waals surface area contributed by atoms with E-state index in [9.17, 15) is 4.79 Å². The van der Waals surface area contributed by atoms with Gasteiger partial charge in [0.2, 0.25) is 0 Å². The predicted molar refractivity (Wildman–Crippen MR) is 79.6 cm³/mol. The summed E-state index contributed by atoms with van der Waals surface area (Å²) in [6.07, 6.45) is 1.08. The van der Waals surface area contributed by atoms with Crippen molar-refractivity contribution in [3.05, 3.63) is 64.2 Å². The quantitative estimate of drug-likeness (QED) is 0.772. The van der Waals surface area contributed by atoms with E-state index >= 15 is 0 Å². The van der Waals surface area contributed by atoms with Crippen LogP contribution in [-0.2, 0) is 6.42 Å². The molecule has 1 aliphatic heterocycles. The smallest absolute Gasteiger partial charge is 0.193 e. The van der Waals surface area contributed by atoms with Crippen LogP contribution in [0.3, 0.4) is 0 Å². The van der Waals surface area contributed by atoms with Crippen molar-refractivity contribution in [2.45, 2.75) is 33.3 Å². The van der Waals surface area contributed by atoms with Gasteiger partial charge in [-0.2, -0.15) is 0 Å². The van der Waals surface area contributed by atoms with Crippen molar-refractivity contribution in [3.63, 3.8) is 0 Å². The summed E-state index contributed by atoms with van der Waals surface area (Å²) in [6.45, 7) is 6.03. The number of carbonyl (C=O) groups excluding carboxylic acids is 1. The Morgan fingerprint density at radius 1 is 1.15 bits per heavy atom. The maximum atomic E-state index is 12.7. The van der Waals surface area contributed by atoms with E-state index in [1.807, 2.05) is 57.2 Å². The van der Waals surface area contributed by atoms with Gasteiger partial charge in [-0.05, 0) is 56.2 Å². The summed E-state index contributed by atoms with van der Waals surface area (Å²) < 4.78 is 5.68. The predicted octanol–water partition coefficient (Wildman–Crippen LogP) is 3.86. The van der Waals surface area contributed by atoms with Gasteiger partial charge >= 0.3 is 0 Å². The molecule has 3 rings (SSSR count). The van der Waals surface area contributed by atoms with E-state index in [-0.39, 0.29) is 11.9 Å². The molecule has 102 valence electrons. The Labute approximate surface area is 119 Å². The zero-order chi connectivity index (χ0) is 14.3. The average Bonchev–Trinajstić information content (AvgIpc) is 2.79. The number of hydrogen-bond acceptors (Lipinski definition) is 2. The zero-order valence-electron chi connectivity index (χ0n) is 12.1. The van der Waals surface area contributed by atoms with Gasteiger partial charge in [-0.1, -0.05) is 17.7 Å². The highest BCUT2D eigenvalue weighted by Gasteiger charge is 2.21. The Morgan fingerprint density at radius 3 is 2.75 bits per heavy atom. The highest BCUT2D eigenvalue weighted by Crippen LogP contribution is 2.30. The Kier molecular flexibility index (Phi) is 3.09. The van der Waals surface area contributed by atoms with Crippen LogP contribution in [0.1, 0.15) is 39.5 Å². The Bertz CT molecular complexity index is 686. The summed E-state index contributed by atoms with van der Waals surface area (Å²) in [6, 6.07) is 11.7. The van der Waals surface area contributed by atoms with E-state index < -0.39 is 0 Å². The van der Waals surface area contributed by atoms with Crippen molar-refractivity contribution in [2.24, 2.45) is 0 Å². The van der Waals surface area contributed by atoms with Crippen molar-refractivity contribution in [2.75, 3.05) is 0 Å². The molecule has 20 heavy (non-hydrogen) atoms. The number of ketones is 1. The van der Waals surface area contributed by atoms with E-state index in [0.29, 0.717) is 0 Å². The maximum Gasteiger partial charge on any atom is 0.193 e. The minimum Gasteiger partial charge on any atom is -0.490 e. The molecule has 0 saturated heterocycles. The van der Waals surface area contributed by atoms with Gasteiger partial charge in [0.25, 0.3) is 0 Å². The van der Waals surface area contributed by atoms with Crippen LogP contribution in [0.4, 0.5) is 0 Å². The van der Waals surface area contributed by atoms with E-state index in [1.165, 1.54) is 0 Å². The molecule has 1 atom stereocenters. The van der Waals surface area contributed by atoms with Crippen molar-refractivity contribution >= 4 is 5.78 Å². The van der Waals surface area contributed by atoms with Crippen LogP contribution in [0.2, 0.25) is 0 Å². The van der Waals surface area contributed by atoms with Gasteiger partial charge in [0.05, 0.1) is 0 Å². The van der Waals surface area contributed by atoms with Gasteiger partial charge in [-0.3, -0.25) is 4.79 Å². The van der Waals surface area contributed by atoms with Gasteiger partial charge in [-0.25, -0.2) is 0 Å². The maximum absolute atomic E-state index is 12.7. The number of benzene rings is 2. The lowest BCUT2D eigenvalue weighted by atomic mass is 9.95. The summed E-state index contributed by atoms with van der Waals surface area (Å²) in [5.74, 6) is 1.00. The minimum absolute atomic E-state index is 0.0913. The molecule has 2 aromatic carbocycles. The molecule has 2 aromatic rings. The molecular formula is C18H18O2. The van der Waals surface area contributed by atoms with Gasteiger partial charge in [-0.15, -0.1) is 0 Å². The SMILES string of the molecule is Cc1ccc(C)c(C(=O)c2ccc3c(c2)CC(C)O3)c1. The van der Waals surface area contributed by atoms with Crippen LogP contribution < -0.4 is 4.74 Å². The average molecular weight is 266 g/mol. The molecule has 0 bridgehead atoms. The molecule has 2 heteroatoms. The Balaban J connectivity index is 1.99. The standard InChI is InChI=1S/C18H18O2/c1-11-4-5-12(2)16(8-11)18(19)14-6-7-17-15(10-14)9-13(3)20-17/h4-8,10,13H,9H2,1-3H3. The van der Waals surface area contributed by atoms with Crippen molar-refractivity contribution < 1.29 is 9.53 Å². The normalized spacial score (nSPS) is 16.6. The molecule has 2 nitrogen and oxygen atoms in total. The summed E-state index contributed by atoms with van der Waals surface area (Å²) in [7, 11) is 0. The van der Waals surface area contributed by atoms with Crippen LogP contribution in [0.25, 0.3) is 0 Å². The number of rotatable bonds is 2. The van der Waals surface area contributed by atoms with Crippen LogP contribution in [0.5, 0.6) is 5.75 Å². The monoisotopic (exact) mass is 266 g/mol. The second kappa shape index (κ2) is 4.78. The number of hydrogen-bond donors (Lipinski definition) is 0. The van der Waals surface area contributed by atoms with Crippen molar-refractivity contribution in [3.8, 4) is 5.75 Å². The fourth-order valence-electron chi connectivity index (χ4n) is 2.70. The molecule has 0 amide bonds. The second-order valence-corrected chi connectivity index (χ2v) is 5.60. The summed E-state index contributed by atoms with van der Waals surface area (Å²) in [5, 5.41) is 0. The van der Waals surface area contributed by atoms with Gasteiger partial charge in [0, 0.05) is 17.5 Å². The lowest BCUT2D eigenvalue weighted by Crippen LogP contribution is -2.05. The number of fused-ring (bicyclic) bond motifs is 1. The molecule has 0 saturated carbocycles.